The van der Waals surface area contributed by atoms with Gasteiger partial charge in [-0.15, -0.1) is 11.8 Å². The van der Waals surface area contributed by atoms with Gasteiger partial charge in [0.2, 0.25) is 11.8 Å². The highest BCUT2D eigenvalue weighted by Gasteiger charge is 2.34. The molecule has 0 spiro atoms. The van der Waals surface area contributed by atoms with Crippen molar-refractivity contribution in [2.24, 2.45) is 5.92 Å². The minimum absolute atomic E-state index is 0.0546. The largest absolute Gasteiger partial charge is 0.354 e. The number of benzene rings is 1. The van der Waals surface area contributed by atoms with Gasteiger partial charge in [0.1, 0.15) is 6.04 Å². The molecular weight excluding hydrogens is 342 g/mol. The fourth-order valence-electron chi connectivity index (χ4n) is 2.61. The number of nitrogens with zero attached hydrogens (tertiary/aromatic N) is 2. The number of nitrogens with one attached hydrogen (secondary N) is 1. The first-order chi connectivity index (χ1) is 12.1. The number of nitro groups is 1. The predicted molar refractivity (Wildman–Crippen MR) is 95.8 cm³/mol. The van der Waals surface area contributed by atoms with E-state index in [-0.39, 0.29) is 17.5 Å². The molecular formula is C17H19N3O4S. The lowest BCUT2D eigenvalue weighted by molar-refractivity contribution is -0.385. The van der Waals surface area contributed by atoms with Crippen molar-refractivity contribution < 1.29 is 14.5 Å². The van der Waals surface area contributed by atoms with E-state index in [0.29, 0.717) is 29.7 Å². The fourth-order valence-corrected chi connectivity index (χ4v) is 3.78. The molecule has 1 heterocycles. The molecule has 1 aliphatic heterocycles. The minimum Gasteiger partial charge on any atom is -0.354 e. The number of hydrogen-bond acceptors (Lipinski definition) is 5. The molecule has 25 heavy (non-hydrogen) atoms. The third-order valence-electron chi connectivity index (χ3n) is 4.27. The lowest BCUT2D eigenvalue weighted by atomic mass is 10.1. The molecule has 8 heteroatoms. The summed E-state index contributed by atoms with van der Waals surface area (Å²) in [7, 11) is 0. The van der Waals surface area contributed by atoms with Crippen molar-refractivity contribution >= 4 is 35.3 Å². The van der Waals surface area contributed by atoms with Gasteiger partial charge in [0.05, 0.1) is 16.4 Å². The molecule has 7 nitrogen and oxygen atoms in total. The van der Waals surface area contributed by atoms with Crippen LogP contribution in [0.4, 0.5) is 5.69 Å². The van der Waals surface area contributed by atoms with Crippen LogP contribution in [0.3, 0.4) is 0 Å². The summed E-state index contributed by atoms with van der Waals surface area (Å²) >= 11 is 1.53. The molecule has 2 aliphatic rings. The monoisotopic (exact) mass is 361 g/mol. The summed E-state index contributed by atoms with van der Waals surface area (Å²) in [5, 5.41) is 13.9. The molecule has 1 aliphatic carbocycles. The maximum atomic E-state index is 12.4. The van der Waals surface area contributed by atoms with Crippen LogP contribution >= 0.6 is 11.8 Å². The molecule has 2 fully saturated rings. The van der Waals surface area contributed by atoms with E-state index in [1.165, 1.54) is 34.9 Å². The second-order valence-corrected chi connectivity index (χ2v) is 7.16. The second kappa shape index (κ2) is 7.69. The summed E-state index contributed by atoms with van der Waals surface area (Å²) in [6.45, 7) is 0.675. The zero-order chi connectivity index (χ0) is 17.8. The first-order valence-corrected chi connectivity index (χ1v) is 9.29. The lowest BCUT2D eigenvalue weighted by Gasteiger charge is -2.21. The smallest absolute Gasteiger partial charge is 0.276 e. The van der Waals surface area contributed by atoms with Crippen LogP contribution in [0.1, 0.15) is 18.4 Å². The van der Waals surface area contributed by atoms with E-state index < -0.39 is 11.0 Å². The summed E-state index contributed by atoms with van der Waals surface area (Å²) in [6.07, 6.45) is 5.04. The van der Waals surface area contributed by atoms with E-state index >= 15 is 0 Å². The summed E-state index contributed by atoms with van der Waals surface area (Å²) in [4.78, 5) is 36.8. The average Bonchev–Trinajstić information content (AvgIpc) is 3.31. The van der Waals surface area contributed by atoms with Crippen LogP contribution < -0.4 is 5.32 Å². The first-order valence-electron chi connectivity index (χ1n) is 8.14. The molecule has 1 saturated heterocycles. The highest BCUT2D eigenvalue weighted by molar-refractivity contribution is 7.99. The van der Waals surface area contributed by atoms with Crippen molar-refractivity contribution in [2.45, 2.75) is 18.9 Å². The summed E-state index contributed by atoms with van der Waals surface area (Å²) in [6, 6.07) is 5.75. The molecule has 132 valence electrons. The van der Waals surface area contributed by atoms with Crippen LogP contribution in [0.25, 0.3) is 6.08 Å². The van der Waals surface area contributed by atoms with Gasteiger partial charge < -0.3 is 10.2 Å². The van der Waals surface area contributed by atoms with Gasteiger partial charge in [-0.3, -0.25) is 19.7 Å². The van der Waals surface area contributed by atoms with Crippen molar-refractivity contribution in [1.82, 2.24) is 10.2 Å². The average molecular weight is 361 g/mol. The molecule has 3 rings (SSSR count). The van der Waals surface area contributed by atoms with Gasteiger partial charge in [0, 0.05) is 24.4 Å². The van der Waals surface area contributed by atoms with Gasteiger partial charge >= 0.3 is 0 Å². The van der Waals surface area contributed by atoms with Crippen molar-refractivity contribution in [1.29, 1.82) is 0 Å². The van der Waals surface area contributed by atoms with Gasteiger partial charge in [-0.25, -0.2) is 0 Å². The highest BCUT2D eigenvalue weighted by atomic mass is 32.2. The van der Waals surface area contributed by atoms with Crippen LogP contribution in [0.2, 0.25) is 0 Å². The predicted octanol–water partition coefficient (Wildman–Crippen LogP) is 2.04. The van der Waals surface area contributed by atoms with E-state index in [4.69, 9.17) is 0 Å². The van der Waals surface area contributed by atoms with Gasteiger partial charge in [0.15, 0.2) is 0 Å². The molecule has 1 unspecified atom stereocenters. The van der Waals surface area contributed by atoms with Crippen molar-refractivity contribution in [3.63, 3.8) is 0 Å². The zero-order valence-corrected chi connectivity index (χ0v) is 14.4. The first kappa shape index (κ1) is 17.5. The molecule has 0 radical (unpaired) electrons. The molecule has 1 aromatic carbocycles. The van der Waals surface area contributed by atoms with E-state index in [1.807, 2.05) is 0 Å². The van der Waals surface area contributed by atoms with Crippen molar-refractivity contribution in [3.8, 4) is 0 Å². The molecule has 1 aromatic rings. The van der Waals surface area contributed by atoms with Crippen LogP contribution in [0.15, 0.2) is 30.3 Å². The molecule has 1 N–H and O–H groups in total. The Labute approximate surface area is 149 Å². The molecule has 0 bridgehead atoms. The van der Waals surface area contributed by atoms with Crippen molar-refractivity contribution in [3.05, 3.63) is 46.0 Å². The van der Waals surface area contributed by atoms with Gasteiger partial charge in [0.25, 0.3) is 5.69 Å². The molecule has 1 atom stereocenters. The van der Waals surface area contributed by atoms with E-state index in [1.54, 1.807) is 18.2 Å². The SMILES string of the molecule is O=C(NCC1CC1)C1CSCN1C(=O)C=Cc1ccccc1[N+](=O)[O-]. The third kappa shape index (κ3) is 4.39. The van der Waals surface area contributed by atoms with Gasteiger partial charge in [-0.1, -0.05) is 12.1 Å². The number of nitro benzene ring substituents is 1. The Hall–Kier alpha value is -2.35. The Morgan fingerprint density at radius 2 is 2.12 bits per heavy atom. The summed E-state index contributed by atoms with van der Waals surface area (Å²) < 4.78 is 0. The maximum absolute atomic E-state index is 12.4. The number of carbonyl (C=O) groups is 2. The Kier molecular flexibility index (Phi) is 5.37. The van der Waals surface area contributed by atoms with E-state index in [2.05, 4.69) is 5.32 Å². The highest BCUT2D eigenvalue weighted by Crippen LogP contribution is 2.28. The third-order valence-corrected chi connectivity index (χ3v) is 5.28. The lowest BCUT2D eigenvalue weighted by Crippen LogP contribution is -2.47. The van der Waals surface area contributed by atoms with Crippen molar-refractivity contribution in [2.75, 3.05) is 18.2 Å². The standard InChI is InChI=1S/C17H19N3O4S/c21-16(8-7-13-3-1-2-4-14(13)20(23)24)19-11-25-10-15(19)17(22)18-9-12-5-6-12/h1-4,7-8,12,15H,5-6,9-11H2,(H,18,22). The van der Waals surface area contributed by atoms with Crippen LogP contribution in [0, 0.1) is 16.0 Å². The minimum atomic E-state index is -0.482. The number of thioether (sulfide) groups is 1. The van der Waals surface area contributed by atoms with Gasteiger partial charge in [-0.2, -0.15) is 0 Å². The Bertz CT molecular complexity index is 718. The molecule has 0 aromatic heterocycles. The number of para-hydroxylation sites is 1. The topological polar surface area (TPSA) is 92.6 Å². The Balaban J connectivity index is 1.65. The number of hydrogen-bond donors (Lipinski definition) is 1. The second-order valence-electron chi connectivity index (χ2n) is 6.16. The Morgan fingerprint density at radius 3 is 2.84 bits per heavy atom. The van der Waals surface area contributed by atoms with E-state index in [9.17, 15) is 19.7 Å². The summed E-state index contributed by atoms with van der Waals surface area (Å²) in [5.74, 6) is 1.17. The quantitative estimate of drug-likeness (QED) is 0.475. The van der Waals surface area contributed by atoms with E-state index in [0.717, 1.165) is 12.8 Å². The Morgan fingerprint density at radius 1 is 1.36 bits per heavy atom. The zero-order valence-electron chi connectivity index (χ0n) is 13.6. The normalized spacial score (nSPS) is 20.0. The fraction of sp³-hybridized carbons (Fsp3) is 0.412. The summed E-state index contributed by atoms with van der Waals surface area (Å²) in [5.41, 5.74) is 0.309. The van der Waals surface area contributed by atoms with Crippen LogP contribution in [-0.4, -0.2) is 45.9 Å². The number of amides is 2. The molecule has 2 amide bonds. The van der Waals surface area contributed by atoms with Crippen LogP contribution in [-0.2, 0) is 9.59 Å². The number of rotatable bonds is 6. The van der Waals surface area contributed by atoms with Crippen LogP contribution in [0.5, 0.6) is 0 Å². The van der Waals surface area contributed by atoms with Gasteiger partial charge in [-0.05, 0) is 30.9 Å². The molecule has 1 saturated carbocycles. The number of carbonyl (C=O) groups excluding carboxylic acids is 2. The maximum Gasteiger partial charge on any atom is 0.276 e.